The first kappa shape index (κ1) is 36.4. The van der Waals surface area contributed by atoms with Crippen LogP contribution in [0.15, 0.2) is 176 Å². The summed E-state index contributed by atoms with van der Waals surface area (Å²) in [4.78, 5) is 2.43. The Kier molecular flexibility index (Phi) is 7.85. The highest BCUT2D eigenvalue weighted by Gasteiger charge is 2.37. The molecule has 0 radical (unpaired) electrons. The lowest BCUT2D eigenvalue weighted by Crippen LogP contribution is -2.17. The highest BCUT2D eigenvalue weighted by atomic mass is 15.1. The quantitative estimate of drug-likeness (QED) is 0.169. The predicted octanol–water partition coefficient (Wildman–Crippen LogP) is 15.8. The third kappa shape index (κ3) is 5.40. The van der Waals surface area contributed by atoms with Gasteiger partial charge in [0.1, 0.15) is 0 Å². The lowest BCUT2D eigenvalue weighted by molar-refractivity contribution is 0.590. The maximum Gasteiger partial charge on any atom is 0.0541 e. The van der Waals surface area contributed by atoms with Gasteiger partial charge in [0.05, 0.1) is 11.0 Å². The standard InChI is InChI=1S/C58H50N2/c1-56(2,3)39-23-27-41(28-24-39)59(40-25-20-37(21-26-40)38-22-31-45-44-14-8-11-17-50(44)57(4,5)51(45)34-38)42-29-32-46-47-33-30-43(36-53(47)58(6,7)52(46)35-42)60-54-18-12-9-15-48(54)49-16-10-13-19-55(49)60/h8-36H,1-7H3. The molecule has 0 saturated carbocycles. The smallest absolute Gasteiger partial charge is 0.0541 e. The second-order valence-electron chi connectivity index (χ2n) is 19.1. The van der Waals surface area contributed by atoms with Crippen LogP contribution in [0.5, 0.6) is 0 Å². The largest absolute Gasteiger partial charge is 0.310 e. The molecule has 0 aliphatic heterocycles. The van der Waals surface area contributed by atoms with Gasteiger partial charge in [-0.2, -0.15) is 0 Å². The Morgan fingerprint density at radius 3 is 1.52 bits per heavy atom. The van der Waals surface area contributed by atoms with Crippen molar-refractivity contribution in [3.63, 3.8) is 0 Å². The third-order valence-electron chi connectivity index (χ3n) is 13.8. The molecule has 0 saturated heterocycles. The molecule has 0 fully saturated rings. The first-order valence-corrected chi connectivity index (χ1v) is 21.4. The fraction of sp³-hybridized carbons (Fsp3) is 0.172. The molecule has 0 atom stereocenters. The molecule has 1 heterocycles. The van der Waals surface area contributed by atoms with E-state index >= 15 is 0 Å². The predicted molar refractivity (Wildman–Crippen MR) is 255 cm³/mol. The van der Waals surface area contributed by atoms with Crippen LogP contribution >= 0.6 is 0 Å². The van der Waals surface area contributed by atoms with Gasteiger partial charge in [0.25, 0.3) is 0 Å². The molecule has 2 aliphatic carbocycles. The Morgan fingerprint density at radius 1 is 0.400 bits per heavy atom. The van der Waals surface area contributed by atoms with E-state index in [-0.39, 0.29) is 16.2 Å². The number of aromatic nitrogens is 1. The van der Waals surface area contributed by atoms with Crippen molar-refractivity contribution < 1.29 is 0 Å². The van der Waals surface area contributed by atoms with E-state index in [1.54, 1.807) is 0 Å². The summed E-state index contributed by atoms with van der Waals surface area (Å²) in [5, 5.41) is 2.57. The van der Waals surface area contributed by atoms with E-state index in [0.29, 0.717) is 0 Å². The second-order valence-corrected chi connectivity index (χ2v) is 19.1. The van der Waals surface area contributed by atoms with Gasteiger partial charge >= 0.3 is 0 Å². The summed E-state index contributed by atoms with van der Waals surface area (Å²) in [6.07, 6.45) is 0. The zero-order valence-corrected chi connectivity index (χ0v) is 35.6. The molecule has 2 aliphatic rings. The van der Waals surface area contributed by atoms with Gasteiger partial charge < -0.3 is 9.47 Å². The van der Waals surface area contributed by atoms with Gasteiger partial charge in [-0.05, 0) is 133 Å². The maximum atomic E-state index is 2.45. The molecule has 0 spiro atoms. The third-order valence-corrected chi connectivity index (χ3v) is 13.8. The molecule has 8 aromatic carbocycles. The van der Waals surface area contributed by atoms with Crippen molar-refractivity contribution in [1.29, 1.82) is 0 Å². The minimum Gasteiger partial charge on any atom is -0.310 e. The monoisotopic (exact) mass is 774 g/mol. The molecule has 2 nitrogen and oxygen atoms in total. The Bertz CT molecular complexity index is 3110. The van der Waals surface area contributed by atoms with E-state index in [1.165, 1.54) is 88.7 Å². The number of hydrogen-bond acceptors (Lipinski definition) is 1. The molecular weight excluding hydrogens is 725 g/mol. The lowest BCUT2D eigenvalue weighted by Gasteiger charge is -2.29. The first-order chi connectivity index (χ1) is 28.9. The maximum absolute atomic E-state index is 2.45. The second kappa shape index (κ2) is 12.9. The molecule has 0 unspecified atom stereocenters. The number of hydrogen-bond donors (Lipinski definition) is 0. The van der Waals surface area contributed by atoms with Crippen molar-refractivity contribution in [2.45, 2.75) is 64.7 Å². The van der Waals surface area contributed by atoms with Gasteiger partial charge in [-0.25, -0.2) is 0 Å². The minimum absolute atomic E-state index is 0.0362. The molecule has 2 heteroatoms. The van der Waals surface area contributed by atoms with E-state index in [1.807, 2.05) is 0 Å². The van der Waals surface area contributed by atoms with Crippen molar-refractivity contribution in [2.75, 3.05) is 4.90 Å². The molecule has 9 aromatic rings. The zero-order valence-electron chi connectivity index (χ0n) is 35.6. The summed E-state index contributed by atoms with van der Waals surface area (Å²) in [6.45, 7) is 16.3. The van der Waals surface area contributed by atoms with Gasteiger partial charge in [0, 0.05) is 44.4 Å². The SMILES string of the molecule is CC(C)(C)c1ccc(N(c2ccc(-c3ccc4c(c3)C(C)(C)c3ccccc3-4)cc2)c2ccc3c(c2)C(C)(C)c2cc(-n4c5ccccc5c5ccccc54)ccc2-3)cc1. The molecule has 0 amide bonds. The van der Waals surface area contributed by atoms with Gasteiger partial charge in [0.2, 0.25) is 0 Å². The summed E-state index contributed by atoms with van der Waals surface area (Å²) in [5.41, 5.74) is 21.6. The van der Waals surface area contributed by atoms with Gasteiger partial charge in [0.15, 0.2) is 0 Å². The molecule has 1 aromatic heterocycles. The molecule has 0 bridgehead atoms. The van der Waals surface area contributed by atoms with E-state index in [2.05, 4.69) is 234 Å². The Balaban J connectivity index is 0.991. The van der Waals surface area contributed by atoms with E-state index in [0.717, 1.165) is 17.1 Å². The summed E-state index contributed by atoms with van der Waals surface area (Å²) < 4.78 is 2.44. The van der Waals surface area contributed by atoms with Crippen molar-refractivity contribution in [3.8, 4) is 39.1 Å². The normalized spacial score (nSPS) is 14.5. The van der Waals surface area contributed by atoms with Crippen LogP contribution in [0, 0.1) is 0 Å². The van der Waals surface area contributed by atoms with Crippen LogP contribution in [-0.4, -0.2) is 4.57 Å². The van der Waals surface area contributed by atoms with Crippen molar-refractivity contribution in [1.82, 2.24) is 4.57 Å². The van der Waals surface area contributed by atoms with Crippen molar-refractivity contribution in [2.24, 2.45) is 0 Å². The van der Waals surface area contributed by atoms with Crippen LogP contribution in [0.2, 0.25) is 0 Å². The fourth-order valence-corrected chi connectivity index (χ4v) is 10.4. The number of rotatable bonds is 5. The van der Waals surface area contributed by atoms with Crippen LogP contribution in [-0.2, 0) is 16.2 Å². The summed E-state index contributed by atoms with van der Waals surface area (Å²) in [5.74, 6) is 0. The van der Waals surface area contributed by atoms with E-state index < -0.39 is 0 Å². The van der Waals surface area contributed by atoms with Crippen LogP contribution in [0.25, 0.3) is 60.9 Å². The Morgan fingerprint density at radius 2 is 0.867 bits per heavy atom. The molecule has 60 heavy (non-hydrogen) atoms. The van der Waals surface area contributed by atoms with Crippen LogP contribution in [0.4, 0.5) is 17.1 Å². The zero-order chi connectivity index (χ0) is 41.1. The Hall–Kier alpha value is -6.64. The highest BCUT2D eigenvalue weighted by Crippen LogP contribution is 2.53. The molecule has 0 N–H and O–H groups in total. The number of para-hydroxylation sites is 2. The number of fused-ring (bicyclic) bond motifs is 9. The Labute approximate surface area is 354 Å². The van der Waals surface area contributed by atoms with Crippen molar-refractivity contribution in [3.05, 3.63) is 204 Å². The van der Waals surface area contributed by atoms with Crippen molar-refractivity contribution >= 4 is 38.9 Å². The van der Waals surface area contributed by atoms with Gasteiger partial charge in [-0.1, -0.05) is 158 Å². The minimum atomic E-state index is -0.206. The van der Waals surface area contributed by atoms with E-state index in [4.69, 9.17) is 0 Å². The average molecular weight is 775 g/mol. The molecule has 11 rings (SSSR count). The van der Waals surface area contributed by atoms with Gasteiger partial charge in [-0.15, -0.1) is 0 Å². The summed E-state index contributed by atoms with van der Waals surface area (Å²) in [7, 11) is 0. The summed E-state index contributed by atoms with van der Waals surface area (Å²) >= 11 is 0. The van der Waals surface area contributed by atoms with Crippen LogP contribution in [0.3, 0.4) is 0 Å². The van der Waals surface area contributed by atoms with Gasteiger partial charge in [-0.3, -0.25) is 0 Å². The van der Waals surface area contributed by atoms with Crippen LogP contribution < -0.4 is 4.90 Å². The van der Waals surface area contributed by atoms with E-state index in [9.17, 15) is 0 Å². The fourth-order valence-electron chi connectivity index (χ4n) is 10.4. The number of anilines is 3. The topological polar surface area (TPSA) is 8.17 Å². The summed E-state index contributed by atoms with van der Waals surface area (Å²) in [6, 6.07) is 66.0. The number of benzene rings is 8. The molecule has 292 valence electrons. The lowest BCUT2D eigenvalue weighted by atomic mass is 9.81. The van der Waals surface area contributed by atoms with Crippen LogP contribution in [0.1, 0.15) is 76.3 Å². The molecular formula is C58H50N2. The highest BCUT2D eigenvalue weighted by molar-refractivity contribution is 6.09. The number of nitrogens with zero attached hydrogens (tertiary/aromatic N) is 2. The first-order valence-electron chi connectivity index (χ1n) is 21.4. The average Bonchev–Trinajstić information content (AvgIpc) is 3.80.